The van der Waals surface area contributed by atoms with Gasteiger partial charge < -0.3 is 15.2 Å². The van der Waals surface area contributed by atoms with Crippen molar-refractivity contribution in [3.05, 3.63) is 70.3 Å². The minimum Gasteiger partial charge on any atom is -0.486 e. The first-order valence-corrected chi connectivity index (χ1v) is 9.02. The number of halogens is 6. The molecule has 1 aliphatic rings. The van der Waals surface area contributed by atoms with Crippen molar-refractivity contribution in [2.45, 2.75) is 19.2 Å². The summed E-state index contributed by atoms with van der Waals surface area (Å²) in [7, 11) is 0. The van der Waals surface area contributed by atoms with Crippen LogP contribution in [0.15, 0.2) is 42.5 Å². The van der Waals surface area contributed by atoms with Gasteiger partial charge in [0.2, 0.25) is 0 Å². The van der Waals surface area contributed by atoms with Gasteiger partial charge in [-0.3, -0.25) is 0 Å². The van der Waals surface area contributed by atoms with Crippen LogP contribution < -0.4 is 10.1 Å². The van der Waals surface area contributed by atoms with Crippen LogP contribution in [-0.4, -0.2) is 30.3 Å². The molecule has 10 heteroatoms. The van der Waals surface area contributed by atoms with E-state index in [0.717, 1.165) is 30.6 Å². The molecule has 162 valence electrons. The number of hydrogen-bond acceptors (Lipinski definition) is 3. The number of aliphatic carboxylic acids is 1. The summed E-state index contributed by atoms with van der Waals surface area (Å²) in [6, 6.07) is 9.12. The smallest absolute Gasteiger partial charge is 0.486 e. The normalized spacial score (nSPS) is 13.7. The van der Waals surface area contributed by atoms with Gasteiger partial charge in [-0.2, -0.15) is 13.2 Å². The molecule has 0 bridgehead atoms. The predicted molar refractivity (Wildman–Crippen MR) is 101 cm³/mol. The third kappa shape index (κ3) is 7.00. The van der Waals surface area contributed by atoms with E-state index in [9.17, 15) is 22.0 Å². The Kier molecular flexibility index (Phi) is 8.19. The second-order valence-electron chi connectivity index (χ2n) is 6.16. The van der Waals surface area contributed by atoms with E-state index < -0.39 is 23.8 Å². The van der Waals surface area contributed by atoms with Crippen LogP contribution in [0.1, 0.15) is 17.5 Å². The molecule has 2 aromatic rings. The zero-order valence-corrected chi connectivity index (χ0v) is 16.2. The van der Waals surface area contributed by atoms with Crippen molar-refractivity contribution in [3.63, 3.8) is 0 Å². The SMILES string of the molecule is Fc1cc(Cl)ccc1COc1cc(C2=CCNCC2)ccc1F.O=C(O)C(F)(F)F. The maximum Gasteiger partial charge on any atom is 0.490 e. The Labute approximate surface area is 173 Å². The molecule has 0 aliphatic carbocycles. The van der Waals surface area contributed by atoms with E-state index in [4.69, 9.17) is 26.2 Å². The Bertz CT molecular complexity index is 931. The Morgan fingerprint density at radius 2 is 1.83 bits per heavy atom. The lowest BCUT2D eigenvalue weighted by atomic mass is 10.00. The number of carboxylic acids is 1. The summed E-state index contributed by atoms with van der Waals surface area (Å²) < 4.78 is 64.9. The monoisotopic (exact) mass is 449 g/mol. The van der Waals surface area contributed by atoms with Crippen LogP contribution in [0.25, 0.3) is 5.57 Å². The minimum absolute atomic E-state index is 0.0516. The summed E-state index contributed by atoms with van der Waals surface area (Å²) >= 11 is 5.71. The molecule has 0 spiro atoms. The zero-order valence-electron chi connectivity index (χ0n) is 15.4. The molecule has 4 nitrogen and oxygen atoms in total. The van der Waals surface area contributed by atoms with Gasteiger partial charge in [-0.15, -0.1) is 0 Å². The van der Waals surface area contributed by atoms with E-state index >= 15 is 0 Å². The van der Waals surface area contributed by atoms with Gasteiger partial charge in [-0.1, -0.05) is 29.8 Å². The van der Waals surface area contributed by atoms with E-state index in [2.05, 4.69) is 11.4 Å². The molecule has 1 aliphatic heterocycles. The van der Waals surface area contributed by atoms with Crippen LogP contribution in [0.4, 0.5) is 22.0 Å². The van der Waals surface area contributed by atoms with Crippen LogP contribution in [-0.2, 0) is 11.4 Å². The molecule has 0 saturated carbocycles. The first kappa shape index (κ1) is 23.6. The van der Waals surface area contributed by atoms with Crippen molar-refractivity contribution in [2.75, 3.05) is 13.1 Å². The fourth-order valence-corrected chi connectivity index (χ4v) is 2.65. The molecular weight excluding hydrogens is 433 g/mol. The lowest BCUT2D eigenvalue weighted by molar-refractivity contribution is -0.192. The molecule has 0 unspecified atom stereocenters. The fourth-order valence-electron chi connectivity index (χ4n) is 2.49. The average Bonchev–Trinajstić information content (AvgIpc) is 2.69. The van der Waals surface area contributed by atoms with Crippen molar-refractivity contribution < 1.29 is 36.6 Å². The maximum absolute atomic E-state index is 13.9. The molecule has 0 aromatic heterocycles. The molecule has 3 rings (SSSR count). The molecule has 30 heavy (non-hydrogen) atoms. The van der Waals surface area contributed by atoms with Gasteiger partial charge in [0.05, 0.1) is 0 Å². The first-order chi connectivity index (χ1) is 14.1. The van der Waals surface area contributed by atoms with Gasteiger partial charge in [-0.05, 0) is 48.4 Å². The summed E-state index contributed by atoms with van der Waals surface area (Å²) in [6.07, 6.45) is -2.11. The van der Waals surface area contributed by atoms with E-state index in [1.54, 1.807) is 18.2 Å². The van der Waals surface area contributed by atoms with Crippen LogP contribution in [0.2, 0.25) is 5.02 Å². The second kappa shape index (κ2) is 10.4. The van der Waals surface area contributed by atoms with Crippen LogP contribution >= 0.6 is 11.6 Å². The van der Waals surface area contributed by atoms with Crippen LogP contribution in [0, 0.1) is 11.6 Å². The molecule has 2 aromatic carbocycles. The molecule has 0 atom stereocenters. The summed E-state index contributed by atoms with van der Waals surface area (Å²) in [5.74, 6) is -3.56. The number of carbonyl (C=O) groups is 1. The van der Waals surface area contributed by atoms with Crippen molar-refractivity contribution in [1.29, 1.82) is 0 Å². The van der Waals surface area contributed by atoms with Crippen molar-refractivity contribution in [1.82, 2.24) is 5.32 Å². The standard InChI is InChI=1S/C18H16ClF2NO.C2HF3O2/c19-15-3-1-14(17(21)10-15)11-23-18-9-13(2-4-16(18)20)12-5-7-22-8-6-12;3-2(4,5)1(6)7/h1-5,9-10,22H,6-8,11H2;(H,6,7). The number of benzene rings is 2. The average molecular weight is 450 g/mol. The molecule has 0 radical (unpaired) electrons. The molecule has 2 N–H and O–H groups in total. The van der Waals surface area contributed by atoms with E-state index in [-0.39, 0.29) is 12.4 Å². The topological polar surface area (TPSA) is 58.6 Å². The first-order valence-electron chi connectivity index (χ1n) is 8.64. The van der Waals surface area contributed by atoms with Gasteiger partial charge in [0.15, 0.2) is 11.6 Å². The van der Waals surface area contributed by atoms with Gasteiger partial charge in [0.1, 0.15) is 12.4 Å². The molecule has 1 heterocycles. The highest BCUT2D eigenvalue weighted by Gasteiger charge is 2.38. The Hall–Kier alpha value is -2.65. The molecule has 0 saturated heterocycles. The number of ether oxygens (including phenoxy) is 1. The number of carboxylic acid groups (broad SMARTS) is 1. The summed E-state index contributed by atoms with van der Waals surface area (Å²) in [5.41, 5.74) is 2.42. The lowest BCUT2D eigenvalue weighted by Crippen LogP contribution is -2.21. The number of hydrogen-bond donors (Lipinski definition) is 2. The van der Waals surface area contributed by atoms with E-state index in [1.165, 1.54) is 18.2 Å². The van der Waals surface area contributed by atoms with Gasteiger partial charge in [-0.25, -0.2) is 13.6 Å². The minimum atomic E-state index is -5.08. The molecular formula is C20H17ClF5NO3. The largest absolute Gasteiger partial charge is 0.490 e. The van der Waals surface area contributed by atoms with Crippen molar-refractivity contribution >= 4 is 23.1 Å². The van der Waals surface area contributed by atoms with Crippen molar-refractivity contribution in [3.8, 4) is 5.75 Å². The molecule has 0 fully saturated rings. The van der Waals surface area contributed by atoms with Crippen LogP contribution in [0.5, 0.6) is 5.75 Å². The highest BCUT2D eigenvalue weighted by Crippen LogP contribution is 2.27. The number of rotatable bonds is 4. The highest BCUT2D eigenvalue weighted by molar-refractivity contribution is 6.30. The summed E-state index contributed by atoms with van der Waals surface area (Å²) in [4.78, 5) is 8.90. The zero-order chi connectivity index (χ0) is 22.3. The summed E-state index contributed by atoms with van der Waals surface area (Å²) in [6.45, 7) is 1.65. The number of nitrogens with one attached hydrogen (secondary N) is 1. The molecule has 0 amide bonds. The Balaban J connectivity index is 0.000000396. The fraction of sp³-hybridized carbons (Fsp3) is 0.250. The maximum atomic E-state index is 13.9. The number of alkyl halides is 3. The predicted octanol–water partition coefficient (Wildman–Crippen LogP) is 5.21. The summed E-state index contributed by atoms with van der Waals surface area (Å²) in [5, 5.41) is 10.7. The van der Waals surface area contributed by atoms with E-state index in [1.807, 2.05) is 0 Å². The quantitative estimate of drug-likeness (QED) is 0.629. The van der Waals surface area contributed by atoms with Crippen molar-refractivity contribution in [2.24, 2.45) is 0 Å². The lowest BCUT2D eigenvalue weighted by Gasteiger charge is -2.16. The third-order valence-corrected chi connectivity index (χ3v) is 4.24. The van der Waals surface area contributed by atoms with E-state index in [0.29, 0.717) is 10.6 Å². The highest BCUT2D eigenvalue weighted by atomic mass is 35.5. The Morgan fingerprint density at radius 1 is 1.13 bits per heavy atom. The van der Waals surface area contributed by atoms with Gasteiger partial charge in [0, 0.05) is 17.1 Å². The third-order valence-electron chi connectivity index (χ3n) is 4.01. The second-order valence-corrected chi connectivity index (χ2v) is 6.59. The van der Waals surface area contributed by atoms with Crippen LogP contribution in [0.3, 0.4) is 0 Å². The Morgan fingerprint density at radius 3 is 2.40 bits per heavy atom. The van der Waals surface area contributed by atoms with Gasteiger partial charge in [0.25, 0.3) is 0 Å². The van der Waals surface area contributed by atoms with Gasteiger partial charge >= 0.3 is 12.1 Å².